The molecule has 0 bridgehead atoms. The molecule has 1 fully saturated rings. The van der Waals surface area contributed by atoms with Gasteiger partial charge in [0.1, 0.15) is 10.6 Å². The van der Waals surface area contributed by atoms with Gasteiger partial charge in [0.15, 0.2) is 0 Å². The number of nitrogens with two attached hydrogens (primary N) is 1. The Morgan fingerprint density at radius 1 is 1.03 bits per heavy atom. The fourth-order valence-corrected chi connectivity index (χ4v) is 5.97. The highest BCUT2D eigenvalue weighted by Gasteiger charge is 2.32. The summed E-state index contributed by atoms with van der Waals surface area (Å²) in [5, 5.41) is 0.0282. The number of carbonyl (C=O) groups is 2. The molecule has 2 N–H and O–H groups in total. The lowest BCUT2D eigenvalue weighted by Crippen LogP contribution is -2.43. The van der Waals surface area contributed by atoms with Crippen LogP contribution in [0.2, 0.25) is 0 Å². The molecule has 3 aromatic rings. The topological polar surface area (TPSA) is 85.5 Å². The average molecular weight is 504 g/mol. The second-order valence-corrected chi connectivity index (χ2v) is 10.4. The van der Waals surface area contributed by atoms with E-state index in [0.29, 0.717) is 35.6 Å². The summed E-state index contributed by atoms with van der Waals surface area (Å²) in [6.07, 6.45) is 3.42. The monoisotopic (exact) mass is 503 g/mol. The van der Waals surface area contributed by atoms with Crippen LogP contribution in [0.1, 0.15) is 54.1 Å². The van der Waals surface area contributed by atoms with Crippen molar-refractivity contribution in [2.24, 2.45) is 5.92 Å². The van der Waals surface area contributed by atoms with Crippen molar-refractivity contribution in [2.45, 2.75) is 42.9 Å². The Balaban J connectivity index is 1.44. The lowest BCUT2D eigenvalue weighted by Gasteiger charge is -2.37. The number of nitrogen functional groups attached to an aromatic ring is 1. The van der Waals surface area contributed by atoms with Gasteiger partial charge in [-0.25, -0.2) is 9.78 Å². The fraction of sp³-hybridized carbons (Fsp3) is 0.345. The van der Waals surface area contributed by atoms with E-state index in [2.05, 4.69) is 65.6 Å². The first kappa shape index (κ1) is 25.8. The van der Waals surface area contributed by atoms with Gasteiger partial charge in [-0.05, 0) is 49.8 Å². The highest BCUT2D eigenvalue weighted by molar-refractivity contribution is 8.00. The van der Waals surface area contributed by atoms with Gasteiger partial charge < -0.3 is 15.4 Å². The maximum atomic E-state index is 13.3. The molecule has 1 atom stereocenters. The normalized spacial score (nSPS) is 15.0. The zero-order valence-electron chi connectivity index (χ0n) is 20.8. The van der Waals surface area contributed by atoms with Crippen LogP contribution in [-0.4, -0.2) is 46.7 Å². The van der Waals surface area contributed by atoms with Crippen LogP contribution in [0.15, 0.2) is 78.0 Å². The SMILES string of the molecule is CCOC(=O)c1c(N)ccnc1S[C@H](C)C(=O)N1CCC(C(c2ccccc2)c2ccccc2)CC1. The molecular weight excluding hydrogens is 470 g/mol. The molecule has 1 saturated heterocycles. The number of hydrogen-bond acceptors (Lipinski definition) is 6. The van der Waals surface area contributed by atoms with E-state index in [4.69, 9.17) is 10.5 Å². The number of anilines is 1. The van der Waals surface area contributed by atoms with Crippen LogP contribution >= 0.6 is 11.8 Å². The molecule has 188 valence electrons. The third kappa shape index (κ3) is 5.90. The standard InChI is InChI=1S/C29H33N3O3S/c1-3-35-29(34)26-24(30)14-17-31-27(26)36-20(2)28(33)32-18-15-23(16-19-32)25(21-10-6-4-7-11-21)22-12-8-5-9-13-22/h4-14,17,20,23,25H,3,15-16,18-19H2,1-2H3,(H2,30,31)/t20-/m1/s1. The predicted molar refractivity (Wildman–Crippen MR) is 144 cm³/mol. The Bertz CT molecular complexity index is 1130. The van der Waals surface area contributed by atoms with Gasteiger partial charge in [-0.1, -0.05) is 72.4 Å². The molecule has 0 radical (unpaired) electrons. The van der Waals surface area contributed by atoms with Crippen molar-refractivity contribution in [3.05, 3.63) is 89.6 Å². The molecule has 1 aromatic heterocycles. The molecule has 2 aromatic carbocycles. The van der Waals surface area contributed by atoms with Crippen molar-refractivity contribution in [3.63, 3.8) is 0 Å². The van der Waals surface area contributed by atoms with Gasteiger partial charge >= 0.3 is 5.97 Å². The summed E-state index contributed by atoms with van der Waals surface area (Å²) < 4.78 is 5.15. The number of aromatic nitrogens is 1. The molecule has 0 saturated carbocycles. The largest absolute Gasteiger partial charge is 0.462 e. The molecule has 7 heteroatoms. The van der Waals surface area contributed by atoms with Gasteiger partial charge in [0, 0.05) is 25.2 Å². The minimum Gasteiger partial charge on any atom is -0.462 e. The number of rotatable bonds is 8. The Morgan fingerprint density at radius 3 is 2.17 bits per heavy atom. The smallest absolute Gasteiger partial charge is 0.343 e. The van der Waals surface area contributed by atoms with Gasteiger partial charge in [0.2, 0.25) is 5.91 Å². The van der Waals surface area contributed by atoms with Gasteiger partial charge in [-0.2, -0.15) is 0 Å². The zero-order valence-corrected chi connectivity index (χ0v) is 21.6. The molecule has 1 aliphatic heterocycles. The molecule has 2 heterocycles. The number of carbonyl (C=O) groups excluding carboxylic acids is 2. The molecule has 0 spiro atoms. The number of esters is 1. The molecule has 1 amide bonds. The molecule has 36 heavy (non-hydrogen) atoms. The van der Waals surface area contributed by atoms with Crippen molar-refractivity contribution in [3.8, 4) is 0 Å². The van der Waals surface area contributed by atoms with Crippen molar-refractivity contribution < 1.29 is 14.3 Å². The second-order valence-electron chi connectivity index (χ2n) is 9.02. The van der Waals surface area contributed by atoms with Crippen molar-refractivity contribution in [1.82, 2.24) is 9.88 Å². The molecular formula is C29H33N3O3S. The summed E-state index contributed by atoms with van der Waals surface area (Å²) in [4.78, 5) is 32.0. The molecule has 4 rings (SSSR count). The van der Waals surface area contributed by atoms with Crippen LogP contribution in [0.4, 0.5) is 5.69 Å². The molecule has 1 aliphatic rings. The Morgan fingerprint density at radius 2 is 1.61 bits per heavy atom. The maximum absolute atomic E-state index is 13.3. The number of likely N-dealkylation sites (tertiary alicyclic amines) is 1. The van der Waals surface area contributed by atoms with Crippen LogP contribution in [0, 0.1) is 5.92 Å². The van der Waals surface area contributed by atoms with Crippen molar-refractivity contribution >= 4 is 29.3 Å². The number of amides is 1. The van der Waals surface area contributed by atoms with E-state index in [1.165, 1.54) is 22.9 Å². The van der Waals surface area contributed by atoms with E-state index in [-0.39, 0.29) is 18.1 Å². The summed E-state index contributed by atoms with van der Waals surface area (Å²) in [7, 11) is 0. The number of thioether (sulfide) groups is 1. The number of piperidine rings is 1. The highest BCUT2D eigenvalue weighted by Crippen LogP contribution is 2.38. The summed E-state index contributed by atoms with van der Waals surface area (Å²) >= 11 is 1.26. The average Bonchev–Trinajstić information content (AvgIpc) is 2.90. The van der Waals surface area contributed by atoms with Crippen LogP contribution in [0.25, 0.3) is 0 Å². The van der Waals surface area contributed by atoms with Gasteiger partial charge in [-0.15, -0.1) is 0 Å². The summed E-state index contributed by atoms with van der Waals surface area (Å²) in [5.74, 6) is 0.292. The predicted octanol–water partition coefficient (Wildman–Crippen LogP) is 5.39. The minimum atomic E-state index is -0.515. The van der Waals surface area contributed by atoms with E-state index in [1.54, 1.807) is 19.2 Å². The Labute approximate surface area is 217 Å². The summed E-state index contributed by atoms with van der Waals surface area (Å²) in [6, 6.07) is 22.9. The third-order valence-corrected chi connectivity index (χ3v) is 7.79. The van der Waals surface area contributed by atoms with Gasteiger partial charge in [0.25, 0.3) is 0 Å². The third-order valence-electron chi connectivity index (χ3n) is 6.70. The lowest BCUT2D eigenvalue weighted by atomic mass is 9.76. The van der Waals surface area contributed by atoms with E-state index < -0.39 is 11.2 Å². The minimum absolute atomic E-state index is 0.0495. The first-order chi connectivity index (χ1) is 17.5. The Hall–Kier alpha value is -3.32. The van der Waals surface area contributed by atoms with Crippen LogP contribution < -0.4 is 5.73 Å². The Kier molecular flexibility index (Phi) is 8.65. The van der Waals surface area contributed by atoms with Crippen molar-refractivity contribution in [2.75, 3.05) is 25.4 Å². The zero-order chi connectivity index (χ0) is 25.5. The summed E-state index contributed by atoms with van der Waals surface area (Å²) in [5.41, 5.74) is 9.21. The second kappa shape index (κ2) is 12.1. The number of nitrogens with zero attached hydrogens (tertiary/aromatic N) is 2. The van der Waals surface area contributed by atoms with Crippen LogP contribution in [-0.2, 0) is 9.53 Å². The maximum Gasteiger partial charge on any atom is 0.343 e. The first-order valence-electron chi connectivity index (χ1n) is 12.5. The number of benzene rings is 2. The van der Waals surface area contributed by atoms with E-state index in [9.17, 15) is 9.59 Å². The van der Waals surface area contributed by atoms with Crippen LogP contribution in [0.3, 0.4) is 0 Å². The van der Waals surface area contributed by atoms with Crippen LogP contribution in [0.5, 0.6) is 0 Å². The van der Waals surface area contributed by atoms with E-state index in [0.717, 1.165) is 12.8 Å². The van der Waals surface area contributed by atoms with Crippen molar-refractivity contribution in [1.29, 1.82) is 0 Å². The lowest BCUT2D eigenvalue weighted by molar-refractivity contribution is -0.131. The van der Waals surface area contributed by atoms with Gasteiger partial charge in [0.05, 0.1) is 17.5 Å². The first-order valence-corrected chi connectivity index (χ1v) is 13.3. The highest BCUT2D eigenvalue weighted by atomic mass is 32.2. The van der Waals surface area contributed by atoms with E-state index >= 15 is 0 Å². The fourth-order valence-electron chi connectivity index (χ4n) is 4.94. The van der Waals surface area contributed by atoms with E-state index in [1.807, 2.05) is 11.8 Å². The van der Waals surface area contributed by atoms with Gasteiger partial charge in [-0.3, -0.25) is 4.79 Å². The number of pyridine rings is 1. The number of hydrogen-bond donors (Lipinski definition) is 1. The number of ether oxygens (including phenoxy) is 1. The quantitative estimate of drug-likeness (QED) is 0.328. The molecule has 0 unspecified atom stereocenters. The molecule has 6 nitrogen and oxygen atoms in total. The molecule has 0 aliphatic carbocycles. The summed E-state index contributed by atoms with van der Waals surface area (Å²) in [6.45, 7) is 5.26.